The van der Waals surface area contributed by atoms with Gasteiger partial charge >= 0.3 is 5.97 Å². The second kappa shape index (κ2) is 12.8. The van der Waals surface area contributed by atoms with Crippen molar-refractivity contribution in [1.82, 2.24) is 9.88 Å². The van der Waals surface area contributed by atoms with Crippen molar-refractivity contribution in [3.8, 4) is 0 Å². The number of para-hydroxylation sites is 1. The van der Waals surface area contributed by atoms with Gasteiger partial charge in [0, 0.05) is 59.7 Å². The van der Waals surface area contributed by atoms with E-state index in [4.69, 9.17) is 5.73 Å². The van der Waals surface area contributed by atoms with Crippen LogP contribution >= 0.6 is 11.8 Å². The average molecular weight is 552 g/mol. The summed E-state index contributed by atoms with van der Waals surface area (Å²) in [7, 11) is 1.88. The molecule has 0 fully saturated rings. The van der Waals surface area contributed by atoms with Gasteiger partial charge in [0.25, 0.3) is 0 Å². The highest BCUT2D eigenvalue weighted by atomic mass is 32.2. The molecule has 1 heterocycles. The third-order valence-corrected chi connectivity index (χ3v) is 8.19. The summed E-state index contributed by atoms with van der Waals surface area (Å²) >= 11 is 1.51. The lowest BCUT2D eigenvalue weighted by molar-refractivity contribution is -0.140. The number of nitrogens with zero attached hydrogens (tertiary/aromatic N) is 1. The molecule has 3 aromatic carbocycles. The predicted octanol–water partition coefficient (Wildman–Crippen LogP) is 5.89. The van der Waals surface area contributed by atoms with Gasteiger partial charge in [-0.15, -0.1) is 11.8 Å². The van der Waals surface area contributed by atoms with E-state index >= 15 is 0 Å². The Balaban J connectivity index is 1.72. The number of aryl methyl sites for hydroxylation is 2. The number of carboxylic acid groups (broad SMARTS) is 1. The van der Waals surface area contributed by atoms with Gasteiger partial charge in [0.05, 0.1) is 0 Å². The Morgan fingerprint density at radius 3 is 2.38 bits per heavy atom. The Kier molecular flexibility index (Phi) is 9.43. The number of aliphatic carboxylic acids is 1. The second-order valence-corrected chi connectivity index (χ2v) is 10.7. The molecule has 0 aliphatic heterocycles. The molecule has 206 valence electrons. The van der Waals surface area contributed by atoms with E-state index in [1.165, 1.54) is 29.5 Å². The van der Waals surface area contributed by atoms with E-state index in [-0.39, 0.29) is 6.42 Å². The summed E-state index contributed by atoms with van der Waals surface area (Å²) in [4.78, 5) is 13.9. The van der Waals surface area contributed by atoms with Crippen LogP contribution in [0.5, 0.6) is 0 Å². The molecule has 3 atom stereocenters. The molecule has 0 radical (unpaired) electrons. The van der Waals surface area contributed by atoms with Gasteiger partial charge in [0.2, 0.25) is 0 Å². The van der Waals surface area contributed by atoms with Crippen LogP contribution in [0.15, 0.2) is 71.6 Å². The monoisotopic (exact) mass is 551 g/mol. The maximum Gasteiger partial charge on any atom is 0.312 e. The maximum atomic E-state index is 14.0. The SMILES string of the molecule is CCc1cccc(CNCC(C(N)Cc2cc(F)cc(F)c2)[C@H](C(=O)O)c2c(SC)c3ccccc3n2C)c1. The van der Waals surface area contributed by atoms with Crippen molar-refractivity contribution in [2.75, 3.05) is 12.8 Å². The van der Waals surface area contributed by atoms with Crippen molar-refractivity contribution < 1.29 is 18.7 Å². The Morgan fingerprint density at radius 1 is 1.03 bits per heavy atom. The first-order valence-electron chi connectivity index (χ1n) is 13.1. The first-order chi connectivity index (χ1) is 18.7. The zero-order valence-electron chi connectivity index (χ0n) is 22.5. The van der Waals surface area contributed by atoms with Crippen LogP contribution in [0.1, 0.15) is 35.2 Å². The van der Waals surface area contributed by atoms with Crippen LogP contribution in [0.4, 0.5) is 8.78 Å². The fourth-order valence-corrected chi connectivity index (χ4v) is 6.32. The number of thioether (sulfide) groups is 1. The summed E-state index contributed by atoms with van der Waals surface area (Å²) in [5, 5.41) is 15.0. The van der Waals surface area contributed by atoms with Crippen LogP contribution in [-0.4, -0.2) is 34.5 Å². The van der Waals surface area contributed by atoms with Crippen molar-refractivity contribution in [1.29, 1.82) is 0 Å². The molecular formula is C31H35F2N3O2S. The number of carbonyl (C=O) groups is 1. The molecule has 0 spiro atoms. The smallest absolute Gasteiger partial charge is 0.312 e. The topological polar surface area (TPSA) is 80.3 Å². The van der Waals surface area contributed by atoms with Gasteiger partial charge in [0.1, 0.15) is 17.6 Å². The summed E-state index contributed by atoms with van der Waals surface area (Å²) in [5.41, 5.74) is 11.0. The highest BCUT2D eigenvalue weighted by molar-refractivity contribution is 7.98. The number of nitrogens with one attached hydrogen (secondary N) is 1. The van der Waals surface area contributed by atoms with Crippen LogP contribution in [0.3, 0.4) is 0 Å². The fraction of sp³-hybridized carbons (Fsp3) is 0.323. The first kappa shape index (κ1) is 28.8. The van der Waals surface area contributed by atoms with Crippen LogP contribution in [0.2, 0.25) is 0 Å². The summed E-state index contributed by atoms with van der Waals surface area (Å²) in [6.07, 6.45) is 2.99. The Labute approximate surface area is 232 Å². The number of hydrogen-bond donors (Lipinski definition) is 3. The molecule has 0 aliphatic rings. The minimum atomic E-state index is -0.989. The van der Waals surface area contributed by atoms with Gasteiger partial charge in [-0.05, 0) is 54.0 Å². The van der Waals surface area contributed by atoms with E-state index in [0.717, 1.165) is 33.8 Å². The van der Waals surface area contributed by atoms with Gasteiger partial charge in [-0.2, -0.15) is 0 Å². The molecule has 1 aromatic heterocycles. The number of aromatic nitrogens is 1. The largest absolute Gasteiger partial charge is 0.481 e. The van der Waals surface area contributed by atoms with E-state index in [0.29, 0.717) is 24.3 Å². The lowest BCUT2D eigenvalue weighted by Gasteiger charge is -2.31. The van der Waals surface area contributed by atoms with Crippen LogP contribution in [-0.2, 0) is 31.2 Å². The molecule has 0 saturated heterocycles. The Morgan fingerprint density at radius 2 is 1.72 bits per heavy atom. The summed E-state index contributed by atoms with van der Waals surface area (Å²) < 4.78 is 29.9. The molecule has 0 bridgehead atoms. The van der Waals surface area contributed by atoms with Gasteiger partial charge in [-0.3, -0.25) is 4.79 Å². The zero-order valence-corrected chi connectivity index (χ0v) is 23.3. The van der Waals surface area contributed by atoms with Gasteiger partial charge in [-0.25, -0.2) is 8.78 Å². The zero-order chi connectivity index (χ0) is 28.1. The number of nitrogens with two attached hydrogens (primary N) is 1. The highest BCUT2D eigenvalue weighted by Gasteiger charge is 2.38. The maximum absolute atomic E-state index is 14.0. The standard InChI is InChI=1S/C31H35F2N3O2S/c1-4-19-8-7-9-20(12-19)17-35-18-25(26(34)15-21-13-22(32)16-23(33)14-21)28(31(37)38)29-30(39-3)24-10-5-6-11-27(24)36(29)2/h5-14,16,25-26,28,35H,4,15,17-18,34H2,1-3H3,(H,37,38)/t25?,26?,28-/m0/s1. The number of carboxylic acids is 1. The molecule has 4 rings (SSSR count). The quantitative estimate of drug-likeness (QED) is 0.192. The Hall–Kier alpha value is -3.20. The molecular weight excluding hydrogens is 516 g/mol. The van der Waals surface area contributed by atoms with E-state index in [1.54, 1.807) is 0 Å². The summed E-state index contributed by atoms with van der Waals surface area (Å²) in [6, 6.07) is 18.7. The van der Waals surface area contributed by atoms with Crippen molar-refractivity contribution in [2.45, 2.75) is 43.2 Å². The second-order valence-electron chi connectivity index (χ2n) is 9.92. The van der Waals surface area contributed by atoms with E-state index in [1.807, 2.05) is 54.3 Å². The first-order valence-corrected chi connectivity index (χ1v) is 14.3. The number of halogens is 2. The molecule has 4 N–H and O–H groups in total. The molecule has 0 amide bonds. The minimum Gasteiger partial charge on any atom is -0.481 e. The minimum absolute atomic E-state index is 0.134. The summed E-state index contributed by atoms with van der Waals surface area (Å²) in [5.74, 6) is -3.88. The number of benzene rings is 3. The molecule has 0 aliphatic carbocycles. The van der Waals surface area contributed by atoms with Gasteiger partial charge in [-0.1, -0.05) is 49.4 Å². The number of fused-ring (bicyclic) bond motifs is 1. The molecule has 8 heteroatoms. The molecule has 39 heavy (non-hydrogen) atoms. The fourth-order valence-electron chi connectivity index (χ4n) is 5.46. The van der Waals surface area contributed by atoms with E-state index in [9.17, 15) is 18.7 Å². The molecule has 0 saturated carbocycles. The van der Waals surface area contributed by atoms with Crippen LogP contribution in [0.25, 0.3) is 10.9 Å². The van der Waals surface area contributed by atoms with Crippen molar-refractivity contribution >= 4 is 28.6 Å². The third-order valence-electron chi connectivity index (χ3n) is 7.35. The predicted molar refractivity (Wildman–Crippen MR) is 154 cm³/mol. The lowest BCUT2D eigenvalue weighted by atomic mass is 9.81. The van der Waals surface area contributed by atoms with Crippen LogP contribution in [0, 0.1) is 17.6 Å². The third kappa shape index (κ3) is 6.52. The van der Waals surface area contributed by atoms with E-state index < -0.39 is 35.5 Å². The van der Waals surface area contributed by atoms with Crippen molar-refractivity contribution in [3.63, 3.8) is 0 Å². The summed E-state index contributed by atoms with van der Waals surface area (Å²) in [6.45, 7) is 2.95. The van der Waals surface area contributed by atoms with Crippen molar-refractivity contribution in [3.05, 3.63) is 101 Å². The normalized spacial score (nSPS) is 13.9. The van der Waals surface area contributed by atoms with E-state index in [2.05, 4.69) is 24.4 Å². The number of hydrogen-bond acceptors (Lipinski definition) is 4. The highest BCUT2D eigenvalue weighted by Crippen LogP contribution is 2.40. The van der Waals surface area contributed by atoms with Gasteiger partial charge < -0.3 is 20.7 Å². The molecule has 5 nitrogen and oxygen atoms in total. The van der Waals surface area contributed by atoms with Crippen molar-refractivity contribution in [2.24, 2.45) is 18.7 Å². The average Bonchev–Trinajstić information content (AvgIpc) is 3.18. The molecule has 2 unspecified atom stereocenters. The number of rotatable bonds is 12. The molecule has 4 aromatic rings. The van der Waals surface area contributed by atoms with Gasteiger partial charge in [0.15, 0.2) is 0 Å². The Bertz CT molecular complexity index is 1440. The lowest BCUT2D eigenvalue weighted by Crippen LogP contribution is -2.44. The van der Waals surface area contributed by atoms with Crippen LogP contribution < -0.4 is 11.1 Å².